The van der Waals surface area contributed by atoms with Crippen LogP contribution < -0.4 is 5.56 Å². The van der Waals surface area contributed by atoms with E-state index in [1.165, 1.54) is 24.4 Å². The van der Waals surface area contributed by atoms with Crippen molar-refractivity contribution in [1.82, 2.24) is 4.40 Å². The van der Waals surface area contributed by atoms with E-state index < -0.39 is 41.3 Å². The number of aromatic nitrogens is 1. The predicted molar refractivity (Wildman–Crippen MR) is 114 cm³/mol. The van der Waals surface area contributed by atoms with Gasteiger partial charge < -0.3 is 18.9 Å². The monoisotopic (exact) mass is 511 g/mol. The smallest absolute Gasteiger partial charge is 0.343 e. The van der Waals surface area contributed by atoms with Crippen molar-refractivity contribution in [2.24, 2.45) is 0 Å². The fourth-order valence-electron chi connectivity index (χ4n) is 3.22. The van der Waals surface area contributed by atoms with Gasteiger partial charge >= 0.3 is 23.9 Å². The molecule has 2 rings (SSSR count). The summed E-state index contributed by atoms with van der Waals surface area (Å²) in [5, 5.41) is 0. The minimum Gasteiger partial charge on any atom is -0.468 e. The highest BCUT2D eigenvalue weighted by Crippen LogP contribution is 2.34. The SMILES string of the molecule is CCOC(=O)CC(C(=O)OC)(C(=O)OC)c1ccn2c(=O)c(C(=O)OCC)cc(Br)c2c1. The van der Waals surface area contributed by atoms with Gasteiger partial charge in [0.15, 0.2) is 0 Å². The van der Waals surface area contributed by atoms with Gasteiger partial charge in [-0.25, -0.2) is 4.79 Å². The lowest BCUT2D eigenvalue weighted by molar-refractivity contribution is -0.167. The first-order chi connectivity index (χ1) is 15.2. The Morgan fingerprint density at radius 2 is 1.59 bits per heavy atom. The molecule has 0 unspecified atom stereocenters. The summed E-state index contributed by atoms with van der Waals surface area (Å²) in [6.45, 7) is 3.32. The highest BCUT2D eigenvalue weighted by Gasteiger charge is 2.52. The van der Waals surface area contributed by atoms with Crippen molar-refractivity contribution in [3.8, 4) is 0 Å². The van der Waals surface area contributed by atoms with E-state index in [1.54, 1.807) is 13.8 Å². The Hall–Kier alpha value is -3.21. The second kappa shape index (κ2) is 10.4. The van der Waals surface area contributed by atoms with E-state index in [2.05, 4.69) is 15.9 Å². The van der Waals surface area contributed by atoms with E-state index in [9.17, 15) is 24.0 Å². The Morgan fingerprint density at radius 3 is 2.12 bits per heavy atom. The van der Waals surface area contributed by atoms with E-state index in [4.69, 9.17) is 18.9 Å². The van der Waals surface area contributed by atoms with Crippen LogP contribution in [-0.2, 0) is 38.7 Å². The first-order valence-electron chi connectivity index (χ1n) is 9.52. The van der Waals surface area contributed by atoms with Gasteiger partial charge in [0, 0.05) is 10.7 Å². The molecule has 2 aromatic rings. The maximum Gasteiger partial charge on any atom is 0.343 e. The minimum atomic E-state index is -2.17. The second-order valence-corrected chi connectivity index (χ2v) is 7.33. The summed E-state index contributed by atoms with van der Waals surface area (Å²) >= 11 is 3.29. The number of methoxy groups -OCH3 is 2. The van der Waals surface area contributed by atoms with Crippen molar-refractivity contribution in [2.45, 2.75) is 25.7 Å². The van der Waals surface area contributed by atoms with Gasteiger partial charge in [0.05, 0.1) is 39.4 Å². The van der Waals surface area contributed by atoms with Crippen molar-refractivity contribution < 1.29 is 38.1 Å². The molecule has 2 heterocycles. The summed E-state index contributed by atoms with van der Waals surface area (Å²) in [7, 11) is 2.14. The van der Waals surface area contributed by atoms with Crippen molar-refractivity contribution in [1.29, 1.82) is 0 Å². The normalized spacial score (nSPS) is 11.0. The van der Waals surface area contributed by atoms with Crippen molar-refractivity contribution in [3.05, 3.63) is 50.3 Å². The van der Waals surface area contributed by atoms with Crippen LogP contribution in [0.1, 0.15) is 36.2 Å². The molecule has 0 spiro atoms. The summed E-state index contributed by atoms with van der Waals surface area (Å²) in [4.78, 5) is 62.8. The molecule has 0 bridgehead atoms. The molecule has 172 valence electrons. The van der Waals surface area contributed by atoms with Gasteiger partial charge in [-0.3, -0.25) is 23.6 Å². The Balaban J connectivity index is 2.80. The van der Waals surface area contributed by atoms with Gasteiger partial charge in [-0.1, -0.05) is 0 Å². The summed E-state index contributed by atoms with van der Waals surface area (Å²) in [5.74, 6) is -3.69. The van der Waals surface area contributed by atoms with E-state index >= 15 is 0 Å². The maximum absolute atomic E-state index is 12.8. The molecule has 0 N–H and O–H groups in total. The van der Waals surface area contributed by atoms with Crippen molar-refractivity contribution >= 4 is 45.3 Å². The highest BCUT2D eigenvalue weighted by atomic mass is 79.9. The zero-order valence-corrected chi connectivity index (χ0v) is 19.5. The molecule has 32 heavy (non-hydrogen) atoms. The molecule has 0 aromatic carbocycles. The fourth-order valence-corrected chi connectivity index (χ4v) is 3.75. The number of esters is 4. The molecule has 2 aromatic heterocycles. The zero-order chi connectivity index (χ0) is 24.1. The van der Waals surface area contributed by atoms with Gasteiger partial charge in [-0.05, 0) is 53.5 Å². The van der Waals surface area contributed by atoms with Gasteiger partial charge in [-0.15, -0.1) is 0 Å². The maximum atomic E-state index is 12.8. The Bertz CT molecular complexity index is 1110. The number of hydrogen-bond acceptors (Lipinski definition) is 9. The number of fused-ring (bicyclic) bond motifs is 1. The lowest BCUT2D eigenvalue weighted by atomic mass is 9.77. The molecule has 0 atom stereocenters. The minimum absolute atomic E-state index is 0.0343. The molecule has 0 radical (unpaired) electrons. The number of carbonyl (C=O) groups is 4. The van der Waals surface area contributed by atoms with Gasteiger partial charge in [0.1, 0.15) is 5.56 Å². The Labute approximate surface area is 191 Å². The topological polar surface area (TPSA) is 127 Å². The number of ether oxygens (including phenoxy) is 4. The van der Waals surface area contributed by atoms with Crippen LogP contribution in [0, 0.1) is 0 Å². The second-order valence-electron chi connectivity index (χ2n) is 6.47. The van der Waals surface area contributed by atoms with Gasteiger partial charge in [0.2, 0.25) is 5.41 Å². The van der Waals surface area contributed by atoms with Gasteiger partial charge in [-0.2, -0.15) is 0 Å². The first-order valence-corrected chi connectivity index (χ1v) is 10.3. The van der Waals surface area contributed by atoms with Crippen LogP contribution in [0.25, 0.3) is 5.52 Å². The van der Waals surface area contributed by atoms with Crippen LogP contribution in [0.3, 0.4) is 0 Å². The number of nitrogens with zero attached hydrogens (tertiary/aromatic N) is 1. The highest BCUT2D eigenvalue weighted by molar-refractivity contribution is 9.10. The lowest BCUT2D eigenvalue weighted by Crippen LogP contribution is -2.47. The summed E-state index contributed by atoms with van der Waals surface area (Å²) in [5.41, 5.74) is -2.79. The average molecular weight is 512 g/mol. The Kier molecular flexibility index (Phi) is 8.14. The van der Waals surface area contributed by atoms with Crippen LogP contribution in [-0.4, -0.2) is 55.7 Å². The molecule has 0 aliphatic rings. The van der Waals surface area contributed by atoms with E-state index in [0.29, 0.717) is 4.47 Å². The molecule has 0 aliphatic heterocycles. The molecule has 0 saturated heterocycles. The van der Waals surface area contributed by atoms with Gasteiger partial charge in [0.25, 0.3) is 5.56 Å². The summed E-state index contributed by atoms with van der Waals surface area (Å²) < 4.78 is 20.9. The quantitative estimate of drug-likeness (QED) is 0.296. The molecule has 0 amide bonds. The third-order valence-corrected chi connectivity index (χ3v) is 5.33. The first kappa shape index (κ1) is 25.1. The Morgan fingerprint density at radius 1 is 1.00 bits per heavy atom. The fraction of sp³-hybridized carbons (Fsp3) is 0.381. The molecular formula is C21H22BrNO9. The van der Waals surface area contributed by atoms with Crippen LogP contribution >= 0.6 is 15.9 Å². The number of pyridine rings is 2. The van der Waals surface area contributed by atoms with Crippen LogP contribution in [0.4, 0.5) is 0 Å². The van der Waals surface area contributed by atoms with Crippen LogP contribution in [0.2, 0.25) is 0 Å². The van der Waals surface area contributed by atoms with Crippen molar-refractivity contribution in [3.63, 3.8) is 0 Å². The number of halogens is 1. The van der Waals surface area contributed by atoms with E-state index in [-0.39, 0.29) is 29.9 Å². The number of rotatable bonds is 8. The third-order valence-electron chi connectivity index (χ3n) is 4.69. The summed E-state index contributed by atoms with van der Waals surface area (Å²) in [6, 6.07) is 3.93. The summed E-state index contributed by atoms with van der Waals surface area (Å²) in [6.07, 6.45) is 0.589. The molecule has 0 aliphatic carbocycles. The zero-order valence-electron chi connectivity index (χ0n) is 17.9. The lowest BCUT2D eigenvalue weighted by Gasteiger charge is -2.28. The van der Waals surface area contributed by atoms with Crippen LogP contribution in [0.5, 0.6) is 0 Å². The standard InChI is InChI=1S/C21H22BrNO9/c1-5-31-16(24)11-21(19(27)29-3,20(28)30-4)12-7-8-23-15(9-12)14(22)10-13(17(23)25)18(26)32-6-2/h7-10H,5-6,11H2,1-4H3. The molecule has 10 nitrogen and oxygen atoms in total. The molecular weight excluding hydrogens is 490 g/mol. The average Bonchev–Trinajstić information content (AvgIpc) is 2.78. The van der Waals surface area contributed by atoms with Crippen molar-refractivity contribution in [2.75, 3.05) is 27.4 Å². The molecule has 0 fully saturated rings. The number of hydrogen-bond donors (Lipinski definition) is 0. The molecule has 0 saturated carbocycles. The predicted octanol–water partition coefficient (Wildman–Crippen LogP) is 1.78. The largest absolute Gasteiger partial charge is 0.468 e. The molecule has 11 heteroatoms. The van der Waals surface area contributed by atoms with E-state index in [0.717, 1.165) is 18.6 Å². The third kappa shape index (κ3) is 4.52. The number of carbonyl (C=O) groups excluding carboxylic acids is 4. The van der Waals surface area contributed by atoms with Crippen LogP contribution in [0.15, 0.2) is 33.7 Å². The van der Waals surface area contributed by atoms with E-state index in [1.807, 2.05) is 0 Å².